The maximum absolute atomic E-state index is 9.44. The van der Waals surface area contributed by atoms with Gasteiger partial charge in [0.15, 0.2) is 0 Å². The van der Waals surface area contributed by atoms with Gasteiger partial charge >= 0.3 is 29.6 Å². The van der Waals surface area contributed by atoms with Gasteiger partial charge in [-0.25, -0.2) is 8.42 Å². The minimum Gasteiger partial charge on any atom is -0.748 e. The Labute approximate surface area is 103 Å². The molecule has 0 aromatic heterocycles. The van der Waals surface area contributed by atoms with Crippen LogP contribution in [0.5, 0.6) is 0 Å². The maximum Gasteiger partial charge on any atom is 1.00 e. The zero-order chi connectivity index (χ0) is 9.45. The Morgan fingerprint density at radius 1 is 1.00 bits per heavy atom. The predicted octanol–water partition coefficient (Wildman–Crippen LogP) is -1.10. The molecule has 0 heterocycles. The molecule has 0 radical (unpaired) electrons. The summed E-state index contributed by atoms with van der Waals surface area (Å²) in [6, 6.07) is 0. The van der Waals surface area contributed by atoms with Crippen LogP contribution in [0, 0.1) is 0 Å². The zero-order valence-corrected chi connectivity index (χ0v) is 11.4. The van der Waals surface area contributed by atoms with Gasteiger partial charge in [-0.15, -0.1) is 0 Å². The van der Waals surface area contributed by atoms with Gasteiger partial charge in [-0.05, 0) is 0 Å². The second-order valence-corrected chi connectivity index (χ2v) is 4.66. The zero-order valence-electron chi connectivity index (χ0n) is 8.58. The molecular weight excluding hydrogens is 199 g/mol. The van der Waals surface area contributed by atoms with Crippen LogP contribution in [-0.4, -0.2) is 18.7 Å². The summed E-state index contributed by atoms with van der Waals surface area (Å²) in [5.74, 6) is -0.312. The summed E-state index contributed by atoms with van der Waals surface area (Å²) in [5.41, 5.74) is 0. The van der Waals surface area contributed by atoms with Crippen LogP contribution in [-0.2, 0) is 10.1 Å². The predicted molar refractivity (Wildman–Crippen MR) is 47.9 cm³/mol. The van der Waals surface area contributed by atoms with Crippen LogP contribution in [0.4, 0.5) is 0 Å². The average Bonchev–Trinajstić information content (AvgIpc) is 2.07. The Morgan fingerprint density at radius 3 is 1.23 bits per heavy atom. The molecule has 5 heteroatoms. The molecule has 1 fully saturated rings. The fourth-order valence-electron chi connectivity index (χ4n) is 1.06. The molecule has 1 aliphatic rings. The van der Waals surface area contributed by atoms with Crippen LogP contribution < -0.4 is 29.6 Å². The van der Waals surface area contributed by atoms with Crippen molar-refractivity contribution >= 4 is 10.1 Å². The van der Waals surface area contributed by atoms with E-state index >= 15 is 0 Å². The molecule has 1 aliphatic carbocycles. The normalized spacial score (nSPS) is 16.5. The van der Waals surface area contributed by atoms with Crippen LogP contribution in [0.2, 0.25) is 0 Å². The van der Waals surface area contributed by atoms with Crippen LogP contribution in [0.15, 0.2) is 0 Å². The van der Waals surface area contributed by atoms with Crippen molar-refractivity contribution in [2.24, 2.45) is 0 Å². The maximum atomic E-state index is 9.44. The number of rotatable bonds is 1. The molecule has 0 spiro atoms. The topological polar surface area (TPSA) is 57.2 Å². The van der Waals surface area contributed by atoms with Crippen molar-refractivity contribution in [2.45, 2.75) is 45.4 Å². The van der Waals surface area contributed by atoms with Gasteiger partial charge in [0.2, 0.25) is 0 Å². The van der Waals surface area contributed by atoms with Crippen molar-refractivity contribution < 1.29 is 42.5 Å². The molecule has 74 valence electrons. The Bertz CT molecular complexity index is 174. The van der Waals surface area contributed by atoms with E-state index in [-0.39, 0.29) is 35.3 Å². The van der Waals surface area contributed by atoms with E-state index in [1.807, 2.05) is 0 Å². The van der Waals surface area contributed by atoms with Crippen LogP contribution in [0.1, 0.15) is 45.4 Å². The summed E-state index contributed by atoms with van der Waals surface area (Å²) in [6.07, 6.45) is 9.00. The SMILES string of the molecule is C1CCCCC1.CCS(=O)(=O)[O-].[Na+]. The summed E-state index contributed by atoms with van der Waals surface area (Å²) in [4.78, 5) is 0. The molecule has 1 saturated carbocycles. The van der Waals surface area contributed by atoms with Gasteiger partial charge in [-0.1, -0.05) is 45.4 Å². The average molecular weight is 216 g/mol. The molecular formula is C8H17NaO3S. The quantitative estimate of drug-likeness (QED) is 0.413. The first-order chi connectivity index (χ1) is 5.56. The first kappa shape index (κ1) is 16.3. The Hall–Kier alpha value is 0.910. The van der Waals surface area contributed by atoms with E-state index in [1.165, 1.54) is 45.4 Å². The van der Waals surface area contributed by atoms with Gasteiger partial charge in [0.25, 0.3) is 0 Å². The molecule has 13 heavy (non-hydrogen) atoms. The second-order valence-electron chi connectivity index (χ2n) is 2.97. The van der Waals surface area contributed by atoms with Crippen LogP contribution in [0.25, 0.3) is 0 Å². The summed E-state index contributed by atoms with van der Waals surface area (Å²) in [5, 5.41) is 0. The van der Waals surface area contributed by atoms with E-state index in [4.69, 9.17) is 0 Å². The minimum atomic E-state index is -3.91. The van der Waals surface area contributed by atoms with E-state index < -0.39 is 10.1 Å². The Morgan fingerprint density at radius 2 is 1.15 bits per heavy atom. The van der Waals surface area contributed by atoms with Crippen molar-refractivity contribution in [3.8, 4) is 0 Å². The third kappa shape index (κ3) is 15.6. The molecule has 0 aromatic rings. The summed E-state index contributed by atoms with van der Waals surface area (Å²) in [7, 11) is -3.91. The first-order valence-electron chi connectivity index (χ1n) is 4.50. The van der Waals surface area contributed by atoms with Crippen molar-refractivity contribution in [3.05, 3.63) is 0 Å². The molecule has 0 atom stereocenters. The Balaban J connectivity index is 0. The molecule has 1 rings (SSSR count). The molecule has 0 unspecified atom stereocenters. The van der Waals surface area contributed by atoms with E-state index in [2.05, 4.69) is 0 Å². The van der Waals surface area contributed by atoms with Crippen molar-refractivity contribution in [3.63, 3.8) is 0 Å². The van der Waals surface area contributed by atoms with E-state index in [0.717, 1.165) is 0 Å². The van der Waals surface area contributed by atoms with Gasteiger partial charge in [0.05, 0.1) is 10.1 Å². The molecule has 0 bridgehead atoms. The molecule has 0 saturated heterocycles. The van der Waals surface area contributed by atoms with Gasteiger partial charge in [0, 0.05) is 5.75 Å². The fraction of sp³-hybridized carbons (Fsp3) is 1.00. The van der Waals surface area contributed by atoms with E-state index in [1.54, 1.807) is 0 Å². The molecule has 0 aromatic carbocycles. The summed E-state index contributed by atoms with van der Waals surface area (Å²) >= 11 is 0. The fourth-order valence-corrected chi connectivity index (χ4v) is 1.06. The van der Waals surface area contributed by atoms with Gasteiger partial charge in [-0.3, -0.25) is 0 Å². The molecule has 0 aliphatic heterocycles. The van der Waals surface area contributed by atoms with Gasteiger partial charge < -0.3 is 4.55 Å². The number of hydrogen-bond donors (Lipinski definition) is 0. The van der Waals surface area contributed by atoms with E-state index in [0.29, 0.717) is 0 Å². The first-order valence-corrected chi connectivity index (χ1v) is 6.07. The minimum absolute atomic E-state index is 0. The summed E-state index contributed by atoms with van der Waals surface area (Å²) in [6.45, 7) is 1.31. The molecule has 0 N–H and O–H groups in total. The van der Waals surface area contributed by atoms with Crippen LogP contribution in [0.3, 0.4) is 0 Å². The van der Waals surface area contributed by atoms with Gasteiger partial charge in [-0.2, -0.15) is 0 Å². The van der Waals surface area contributed by atoms with Crippen molar-refractivity contribution in [1.29, 1.82) is 0 Å². The monoisotopic (exact) mass is 216 g/mol. The standard InChI is InChI=1S/C6H12.C2H6O3S.Na/c1-2-4-6-5-3-1;1-2-6(3,4)5;/h1-6H2;2H2,1H3,(H,3,4,5);/q;;+1/p-1. The van der Waals surface area contributed by atoms with Crippen molar-refractivity contribution in [2.75, 3.05) is 5.75 Å². The second kappa shape index (κ2) is 9.46. The molecule has 3 nitrogen and oxygen atoms in total. The third-order valence-electron chi connectivity index (χ3n) is 1.85. The van der Waals surface area contributed by atoms with E-state index in [9.17, 15) is 13.0 Å². The molecule has 0 amide bonds. The number of hydrogen-bond acceptors (Lipinski definition) is 3. The van der Waals surface area contributed by atoms with Crippen molar-refractivity contribution in [1.82, 2.24) is 0 Å². The van der Waals surface area contributed by atoms with Gasteiger partial charge in [0.1, 0.15) is 0 Å². The Kier molecular flexibility index (Phi) is 11.9. The third-order valence-corrected chi connectivity index (χ3v) is 2.56. The smallest absolute Gasteiger partial charge is 0.748 e. The van der Waals surface area contributed by atoms with Crippen LogP contribution >= 0.6 is 0 Å². The largest absolute Gasteiger partial charge is 1.00 e. The summed E-state index contributed by atoms with van der Waals surface area (Å²) < 4.78 is 28.3.